The number of rotatable bonds is 5. The first-order valence-corrected chi connectivity index (χ1v) is 12.8. The molecule has 2 aliphatic carbocycles. The largest absolute Gasteiger partial charge is 0.426 e. The molecule has 0 aliphatic heterocycles. The molecule has 2 aromatic rings. The summed E-state index contributed by atoms with van der Waals surface area (Å²) >= 11 is 5.98. The van der Waals surface area contributed by atoms with Crippen LogP contribution in [-0.4, -0.2) is 18.4 Å². The summed E-state index contributed by atoms with van der Waals surface area (Å²) < 4.78 is 5.68. The van der Waals surface area contributed by atoms with Crippen LogP contribution in [0.3, 0.4) is 0 Å². The Labute approximate surface area is 208 Å². The van der Waals surface area contributed by atoms with Crippen LogP contribution in [0.15, 0.2) is 36.4 Å². The monoisotopic (exact) mass is 481 g/mol. The van der Waals surface area contributed by atoms with Gasteiger partial charge in [-0.25, -0.2) is 0 Å². The molecular weight excluding hydrogens is 446 g/mol. The van der Waals surface area contributed by atoms with Gasteiger partial charge in [0, 0.05) is 24.1 Å². The van der Waals surface area contributed by atoms with E-state index in [4.69, 9.17) is 16.3 Å². The average Bonchev–Trinajstić information content (AvgIpc) is 2.77. The van der Waals surface area contributed by atoms with E-state index in [2.05, 4.69) is 45.1 Å². The van der Waals surface area contributed by atoms with E-state index in [9.17, 15) is 9.59 Å². The highest BCUT2D eigenvalue weighted by Gasteiger charge is 2.52. The third-order valence-electron chi connectivity index (χ3n) is 8.24. The molecule has 2 aliphatic rings. The Bertz CT molecular complexity index is 1090. The Morgan fingerprint density at radius 3 is 2.50 bits per heavy atom. The highest BCUT2D eigenvalue weighted by molar-refractivity contribution is 6.30. The average molecular weight is 482 g/mol. The van der Waals surface area contributed by atoms with E-state index in [1.807, 2.05) is 0 Å². The normalized spacial score (nSPS) is 25.9. The molecule has 182 valence electrons. The molecule has 1 fully saturated rings. The molecule has 0 heterocycles. The zero-order chi connectivity index (χ0) is 24.7. The van der Waals surface area contributed by atoms with Gasteiger partial charge in [0.2, 0.25) is 0 Å². The minimum Gasteiger partial charge on any atom is -0.426 e. The van der Waals surface area contributed by atoms with Crippen molar-refractivity contribution in [3.05, 3.63) is 63.7 Å². The van der Waals surface area contributed by atoms with Crippen LogP contribution in [0.25, 0.3) is 0 Å². The molecule has 0 saturated heterocycles. The van der Waals surface area contributed by atoms with Crippen molar-refractivity contribution >= 4 is 23.5 Å². The topological polar surface area (TPSA) is 55.4 Å². The third-order valence-corrected chi connectivity index (χ3v) is 8.49. The van der Waals surface area contributed by atoms with Crippen molar-refractivity contribution in [2.75, 3.05) is 6.54 Å². The first-order valence-electron chi connectivity index (χ1n) is 12.4. The lowest BCUT2D eigenvalue weighted by atomic mass is 9.49. The smallest absolute Gasteiger partial charge is 0.308 e. The van der Waals surface area contributed by atoms with E-state index < -0.39 is 0 Å². The van der Waals surface area contributed by atoms with Gasteiger partial charge in [-0.1, -0.05) is 51.8 Å². The predicted octanol–water partition coefficient (Wildman–Crippen LogP) is 6.83. The van der Waals surface area contributed by atoms with Crippen molar-refractivity contribution in [2.45, 2.75) is 78.1 Å². The number of esters is 1. The summed E-state index contributed by atoms with van der Waals surface area (Å²) in [6.07, 6.45) is 5.41. The highest BCUT2D eigenvalue weighted by Crippen LogP contribution is 2.57. The minimum atomic E-state index is -0.280. The summed E-state index contributed by atoms with van der Waals surface area (Å²) in [5.74, 6) is 1.08. The van der Waals surface area contributed by atoms with Gasteiger partial charge in [0.15, 0.2) is 0 Å². The van der Waals surface area contributed by atoms with Crippen LogP contribution in [0.4, 0.5) is 0 Å². The summed E-state index contributed by atoms with van der Waals surface area (Å²) in [5, 5.41) is 3.84. The molecular formula is C29H36ClNO3. The van der Waals surface area contributed by atoms with Crippen molar-refractivity contribution < 1.29 is 14.3 Å². The summed E-state index contributed by atoms with van der Waals surface area (Å²) in [4.78, 5) is 24.7. The Kier molecular flexibility index (Phi) is 6.83. The second kappa shape index (κ2) is 9.37. The predicted molar refractivity (Wildman–Crippen MR) is 137 cm³/mol. The van der Waals surface area contributed by atoms with Crippen molar-refractivity contribution in [1.82, 2.24) is 5.32 Å². The zero-order valence-corrected chi connectivity index (χ0v) is 21.7. The van der Waals surface area contributed by atoms with E-state index in [1.54, 1.807) is 24.3 Å². The molecule has 1 amide bonds. The molecule has 2 aromatic carbocycles. The Hall–Kier alpha value is -2.33. The number of amides is 1. The molecule has 4 rings (SSSR count). The summed E-state index contributed by atoms with van der Waals surface area (Å²) in [7, 11) is 0. The second-order valence-electron chi connectivity index (χ2n) is 11.0. The standard InChI is InChI=1S/C29H36ClNO3/c1-18(2)23-15-21-9-12-26-28(4,17-31-27(33)20-7-10-22(30)11-8-20)13-6-14-29(26,5)24(21)16-25(23)34-19(3)32/h7-8,10-11,15-16,18,26H,6,9,12-14,17H2,1-5H3,(H,31,33)/t26-,28-,29+/m0/s1. The maximum Gasteiger partial charge on any atom is 0.308 e. The lowest BCUT2D eigenvalue weighted by Gasteiger charge is -2.55. The van der Waals surface area contributed by atoms with Crippen LogP contribution in [0, 0.1) is 11.3 Å². The SMILES string of the molecule is CC(=O)Oc1cc2c(cc1C(C)C)CC[C@H]1[C@](C)(CNC(=O)c3ccc(Cl)cc3)CCC[C@]21C. The Morgan fingerprint density at radius 1 is 1.15 bits per heavy atom. The van der Waals surface area contributed by atoms with Gasteiger partial charge >= 0.3 is 5.97 Å². The van der Waals surface area contributed by atoms with Gasteiger partial charge in [0.05, 0.1) is 0 Å². The van der Waals surface area contributed by atoms with Gasteiger partial charge in [-0.3, -0.25) is 9.59 Å². The number of fused-ring (bicyclic) bond motifs is 3. The van der Waals surface area contributed by atoms with Crippen LogP contribution < -0.4 is 10.1 Å². The van der Waals surface area contributed by atoms with Gasteiger partial charge in [-0.05, 0) is 95.4 Å². The van der Waals surface area contributed by atoms with Gasteiger partial charge in [-0.2, -0.15) is 0 Å². The van der Waals surface area contributed by atoms with E-state index in [1.165, 1.54) is 18.1 Å². The van der Waals surface area contributed by atoms with Crippen LogP contribution >= 0.6 is 11.6 Å². The zero-order valence-electron chi connectivity index (χ0n) is 21.0. The Balaban J connectivity index is 1.62. The fourth-order valence-electron chi connectivity index (χ4n) is 6.54. The van der Waals surface area contributed by atoms with Crippen LogP contribution in [-0.2, 0) is 16.6 Å². The first kappa shape index (κ1) is 24.8. The third kappa shape index (κ3) is 4.62. The van der Waals surface area contributed by atoms with Crippen molar-refractivity contribution in [2.24, 2.45) is 11.3 Å². The number of carbonyl (C=O) groups excluding carboxylic acids is 2. The lowest BCUT2D eigenvalue weighted by molar-refractivity contribution is -0.131. The number of benzene rings is 2. The molecule has 1 saturated carbocycles. The quantitative estimate of drug-likeness (QED) is 0.376. The van der Waals surface area contributed by atoms with Crippen molar-refractivity contribution in [3.8, 4) is 5.75 Å². The number of ether oxygens (including phenoxy) is 1. The minimum absolute atomic E-state index is 0.00884. The second-order valence-corrected chi connectivity index (χ2v) is 11.4. The van der Waals surface area contributed by atoms with Gasteiger partial charge in [0.25, 0.3) is 5.91 Å². The molecule has 1 N–H and O–H groups in total. The van der Waals surface area contributed by atoms with Gasteiger partial charge in [0.1, 0.15) is 5.75 Å². The van der Waals surface area contributed by atoms with E-state index in [0.717, 1.165) is 37.7 Å². The maximum atomic E-state index is 12.8. The van der Waals surface area contributed by atoms with Crippen LogP contribution in [0.2, 0.25) is 5.02 Å². The first-order chi connectivity index (χ1) is 16.0. The van der Waals surface area contributed by atoms with E-state index >= 15 is 0 Å². The molecule has 34 heavy (non-hydrogen) atoms. The molecule has 0 unspecified atom stereocenters. The number of nitrogens with one attached hydrogen (secondary N) is 1. The van der Waals surface area contributed by atoms with Crippen molar-refractivity contribution in [3.63, 3.8) is 0 Å². The number of halogens is 1. The maximum absolute atomic E-state index is 12.8. The molecule has 0 spiro atoms. The summed E-state index contributed by atoms with van der Waals surface area (Å²) in [5.41, 5.74) is 4.41. The van der Waals surface area contributed by atoms with E-state index in [-0.39, 0.29) is 28.6 Å². The summed E-state index contributed by atoms with van der Waals surface area (Å²) in [6.45, 7) is 11.1. The van der Waals surface area contributed by atoms with Gasteiger partial charge < -0.3 is 10.1 Å². The molecule has 5 heteroatoms. The highest BCUT2D eigenvalue weighted by atomic mass is 35.5. The number of hydrogen-bond acceptors (Lipinski definition) is 3. The van der Waals surface area contributed by atoms with E-state index in [0.29, 0.717) is 28.8 Å². The number of hydrogen-bond donors (Lipinski definition) is 1. The molecule has 0 radical (unpaired) electrons. The Morgan fingerprint density at radius 2 is 1.85 bits per heavy atom. The van der Waals surface area contributed by atoms with Crippen LogP contribution in [0.5, 0.6) is 5.75 Å². The fourth-order valence-corrected chi connectivity index (χ4v) is 6.67. The molecule has 3 atom stereocenters. The molecule has 0 bridgehead atoms. The van der Waals surface area contributed by atoms with Gasteiger partial charge in [-0.15, -0.1) is 0 Å². The molecule has 0 aromatic heterocycles. The number of aryl methyl sites for hydroxylation is 1. The lowest BCUT2D eigenvalue weighted by Crippen LogP contribution is -2.53. The fraction of sp³-hybridized carbons (Fsp3) is 0.517. The van der Waals surface area contributed by atoms with Crippen molar-refractivity contribution in [1.29, 1.82) is 0 Å². The van der Waals surface area contributed by atoms with Crippen LogP contribution in [0.1, 0.15) is 93.3 Å². The number of carbonyl (C=O) groups is 2. The molecule has 4 nitrogen and oxygen atoms in total. The summed E-state index contributed by atoms with van der Waals surface area (Å²) in [6, 6.07) is 11.5.